The summed E-state index contributed by atoms with van der Waals surface area (Å²) < 4.78 is 31.8. The minimum absolute atomic E-state index is 0. The molecule has 150 valence electrons. The van der Waals surface area contributed by atoms with Gasteiger partial charge in [0.25, 0.3) is 0 Å². The maximum absolute atomic E-state index is 12.8. The highest BCUT2D eigenvalue weighted by atomic mass is 35.5. The second-order valence-electron chi connectivity index (χ2n) is 6.33. The summed E-state index contributed by atoms with van der Waals surface area (Å²) in [5.74, 6) is -0.359. The van der Waals surface area contributed by atoms with Crippen molar-refractivity contribution in [3.05, 3.63) is 29.8 Å². The van der Waals surface area contributed by atoms with Gasteiger partial charge in [0.1, 0.15) is 0 Å². The molecule has 0 unspecified atom stereocenters. The van der Waals surface area contributed by atoms with Crippen molar-refractivity contribution in [3.8, 4) is 0 Å². The molecule has 0 spiro atoms. The Balaban J connectivity index is 0.00000261. The Morgan fingerprint density at radius 2 is 1.70 bits per heavy atom. The summed E-state index contributed by atoms with van der Waals surface area (Å²) in [5, 5.41) is 3.07. The maximum atomic E-state index is 12.8. The normalized spacial score (nSPS) is 18.3. The number of esters is 1. The summed E-state index contributed by atoms with van der Waals surface area (Å²) in [6, 6.07) is 5.74. The van der Waals surface area contributed by atoms with Gasteiger partial charge in [0.15, 0.2) is 0 Å². The first kappa shape index (κ1) is 21.6. The van der Waals surface area contributed by atoms with Crippen LogP contribution in [-0.2, 0) is 19.6 Å². The van der Waals surface area contributed by atoms with Gasteiger partial charge in [0.05, 0.1) is 23.0 Å². The lowest BCUT2D eigenvalue weighted by atomic mass is 10.0. The number of nitrogens with zero attached hydrogens (tertiary/aromatic N) is 2. The molecule has 8 nitrogen and oxygen atoms in total. The minimum atomic E-state index is -3.65. The predicted molar refractivity (Wildman–Crippen MR) is 101 cm³/mol. The summed E-state index contributed by atoms with van der Waals surface area (Å²) in [6.45, 7) is 4.71. The van der Waals surface area contributed by atoms with E-state index in [2.05, 4.69) is 5.32 Å². The van der Waals surface area contributed by atoms with Gasteiger partial charge in [-0.05, 0) is 31.2 Å². The molecule has 10 heteroatoms. The average molecular weight is 418 g/mol. The number of ether oxygens (including phenoxy) is 1. The average Bonchev–Trinajstić information content (AvgIpc) is 2.60. The van der Waals surface area contributed by atoms with Crippen LogP contribution in [0.25, 0.3) is 0 Å². The number of nitrogens with one attached hydrogen (secondary N) is 1. The zero-order valence-electron chi connectivity index (χ0n) is 15.1. The topological polar surface area (TPSA) is 96.0 Å². The van der Waals surface area contributed by atoms with E-state index in [-0.39, 0.29) is 48.8 Å². The molecule has 2 aliphatic rings. The van der Waals surface area contributed by atoms with Crippen LogP contribution in [0.3, 0.4) is 0 Å². The fourth-order valence-electron chi connectivity index (χ4n) is 3.00. The van der Waals surface area contributed by atoms with Gasteiger partial charge in [0, 0.05) is 39.3 Å². The lowest BCUT2D eigenvalue weighted by Crippen LogP contribution is -2.57. The van der Waals surface area contributed by atoms with Gasteiger partial charge >= 0.3 is 5.97 Å². The summed E-state index contributed by atoms with van der Waals surface area (Å²) in [4.78, 5) is 25.8. The zero-order chi connectivity index (χ0) is 18.7. The van der Waals surface area contributed by atoms with Crippen LogP contribution >= 0.6 is 12.4 Å². The Labute approximate surface area is 165 Å². The van der Waals surface area contributed by atoms with Gasteiger partial charge in [-0.25, -0.2) is 13.2 Å². The summed E-state index contributed by atoms with van der Waals surface area (Å²) >= 11 is 0. The van der Waals surface area contributed by atoms with E-state index in [0.717, 1.165) is 0 Å². The third-order valence-electron chi connectivity index (χ3n) is 4.68. The smallest absolute Gasteiger partial charge is 0.338 e. The SMILES string of the molecule is CCOC(=O)c1ccc(S(=O)(=O)N2CCN(C(=O)C3CNC3)CC2)cc1.Cl. The van der Waals surface area contributed by atoms with Gasteiger partial charge in [-0.15, -0.1) is 12.4 Å². The largest absolute Gasteiger partial charge is 0.462 e. The van der Waals surface area contributed by atoms with Crippen LogP contribution in [0.5, 0.6) is 0 Å². The van der Waals surface area contributed by atoms with Crippen molar-refractivity contribution in [2.45, 2.75) is 11.8 Å². The van der Waals surface area contributed by atoms with Crippen molar-refractivity contribution >= 4 is 34.3 Å². The molecule has 1 amide bonds. The van der Waals surface area contributed by atoms with Crippen molar-refractivity contribution < 1.29 is 22.7 Å². The Morgan fingerprint density at radius 3 is 2.19 bits per heavy atom. The fourth-order valence-corrected chi connectivity index (χ4v) is 4.42. The number of carbonyl (C=O) groups excluding carboxylic acids is 2. The van der Waals surface area contributed by atoms with E-state index in [0.29, 0.717) is 31.7 Å². The molecule has 0 atom stereocenters. The molecule has 2 fully saturated rings. The second-order valence-corrected chi connectivity index (χ2v) is 8.27. The molecule has 1 aromatic carbocycles. The van der Waals surface area contributed by atoms with E-state index in [1.54, 1.807) is 11.8 Å². The first-order chi connectivity index (χ1) is 12.4. The highest BCUT2D eigenvalue weighted by Gasteiger charge is 2.34. The van der Waals surface area contributed by atoms with Gasteiger partial charge in [-0.3, -0.25) is 4.79 Å². The molecular formula is C17H24ClN3O5S. The van der Waals surface area contributed by atoms with E-state index < -0.39 is 16.0 Å². The molecule has 27 heavy (non-hydrogen) atoms. The predicted octanol–water partition coefficient (Wildman–Crippen LogP) is 0.337. The molecule has 3 rings (SSSR count). The molecule has 0 aliphatic carbocycles. The molecular weight excluding hydrogens is 394 g/mol. The Kier molecular flexibility index (Phi) is 7.21. The van der Waals surface area contributed by atoms with Gasteiger partial charge in [0.2, 0.25) is 15.9 Å². The van der Waals surface area contributed by atoms with Gasteiger partial charge in [-0.2, -0.15) is 4.31 Å². The number of hydrogen-bond donors (Lipinski definition) is 1. The standard InChI is InChI=1S/C17H23N3O5S.ClH/c1-2-25-17(22)13-3-5-15(6-4-13)26(23,24)20-9-7-19(8-10-20)16(21)14-11-18-12-14;/h3-6,14,18H,2,7-12H2,1H3;1H. The van der Waals surface area contributed by atoms with Crippen LogP contribution in [-0.4, -0.2) is 75.4 Å². The van der Waals surface area contributed by atoms with Crippen LogP contribution in [0.4, 0.5) is 0 Å². The molecule has 0 aromatic heterocycles. The van der Waals surface area contributed by atoms with E-state index in [1.165, 1.54) is 28.6 Å². The summed E-state index contributed by atoms with van der Waals surface area (Å²) in [5.41, 5.74) is 0.315. The van der Waals surface area contributed by atoms with E-state index in [4.69, 9.17) is 4.74 Å². The van der Waals surface area contributed by atoms with Gasteiger partial charge in [-0.1, -0.05) is 0 Å². The molecule has 0 radical (unpaired) electrons. The number of hydrogen-bond acceptors (Lipinski definition) is 6. The molecule has 1 N–H and O–H groups in total. The third kappa shape index (κ3) is 4.60. The number of piperazine rings is 1. The van der Waals surface area contributed by atoms with E-state index in [1.807, 2.05) is 0 Å². The van der Waals surface area contributed by atoms with E-state index in [9.17, 15) is 18.0 Å². The quantitative estimate of drug-likeness (QED) is 0.694. The Bertz CT molecular complexity index is 772. The molecule has 0 saturated carbocycles. The van der Waals surface area contributed by atoms with Crippen LogP contribution < -0.4 is 5.32 Å². The van der Waals surface area contributed by atoms with Crippen molar-refractivity contribution in [2.75, 3.05) is 45.9 Å². The number of carbonyl (C=O) groups is 2. The third-order valence-corrected chi connectivity index (χ3v) is 6.60. The van der Waals surface area contributed by atoms with Crippen molar-refractivity contribution in [2.24, 2.45) is 5.92 Å². The number of halogens is 1. The first-order valence-corrected chi connectivity index (χ1v) is 10.1. The maximum Gasteiger partial charge on any atom is 0.338 e. The molecule has 0 bridgehead atoms. The van der Waals surface area contributed by atoms with Crippen molar-refractivity contribution in [1.29, 1.82) is 0 Å². The van der Waals surface area contributed by atoms with E-state index >= 15 is 0 Å². The lowest BCUT2D eigenvalue weighted by molar-refractivity contribution is -0.138. The second kappa shape index (κ2) is 9.01. The highest BCUT2D eigenvalue weighted by Crippen LogP contribution is 2.20. The number of sulfonamides is 1. The monoisotopic (exact) mass is 417 g/mol. The molecule has 2 saturated heterocycles. The first-order valence-electron chi connectivity index (χ1n) is 8.70. The minimum Gasteiger partial charge on any atom is -0.462 e. The number of benzene rings is 1. The lowest BCUT2D eigenvalue weighted by Gasteiger charge is -2.37. The zero-order valence-corrected chi connectivity index (χ0v) is 16.7. The van der Waals surface area contributed by atoms with Gasteiger partial charge < -0.3 is 15.0 Å². The summed E-state index contributed by atoms with van der Waals surface area (Å²) in [6.07, 6.45) is 0. The number of amides is 1. The van der Waals surface area contributed by atoms with Crippen molar-refractivity contribution in [1.82, 2.24) is 14.5 Å². The number of rotatable bonds is 5. The summed E-state index contributed by atoms with van der Waals surface area (Å²) in [7, 11) is -3.65. The Hall–Kier alpha value is -1.68. The van der Waals surface area contributed by atoms with Crippen molar-refractivity contribution in [3.63, 3.8) is 0 Å². The van der Waals surface area contributed by atoms with Crippen LogP contribution in [0.15, 0.2) is 29.2 Å². The van der Waals surface area contributed by atoms with Crippen LogP contribution in [0, 0.1) is 5.92 Å². The molecule has 2 aliphatic heterocycles. The molecule has 1 aromatic rings. The fraction of sp³-hybridized carbons (Fsp3) is 0.529. The van der Waals surface area contributed by atoms with Crippen LogP contribution in [0.2, 0.25) is 0 Å². The Morgan fingerprint density at radius 1 is 1.11 bits per heavy atom. The highest BCUT2D eigenvalue weighted by molar-refractivity contribution is 7.89. The van der Waals surface area contributed by atoms with Crippen LogP contribution in [0.1, 0.15) is 17.3 Å². The molecule has 2 heterocycles.